The molecule has 0 atom stereocenters. The molecule has 0 aliphatic heterocycles. The minimum Gasteiger partial charge on any atom is -0.417 e. The van der Waals surface area contributed by atoms with E-state index in [0.29, 0.717) is 18.4 Å². The molecular weight excluding hydrogens is 324 g/mol. The van der Waals surface area contributed by atoms with Gasteiger partial charge in [-0.05, 0) is 29.5 Å². The average Bonchev–Trinajstić information content (AvgIpc) is 2.62. The van der Waals surface area contributed by atoms with Crippen LogP contribution < -0.4 is 10.9 Å². The van der Waals surface area contributed by atoms with Crippen LogP contribution in [-0.2, 0) is 6.42 Å². The van der Waals surface area contributed by atoms with Gasteiger partial charge in [0.15, 0.2) is 5.76 Å². The van der Waals surface area contributed by atoms with Crippen LogP contribution in [0.15, 0.2) is 63.8 Å². The van der Waals surface area contributed by atoms with Gasteiger partial charge in [-0.1, -0.05) is 30.3 Å². The number of nitro benzene ring substituents is 1. The molecule has 1 amide bonds. The van der Waals surface area contributed by atoms with Crippen LogP contribution in [0, 0.1) is 10.1 Å². The number of non-ortho nitro benzene ring substituents is 1. The highest BCUT2D eigenvalue weighted by molar-refractivity contribution is 5.95. The number of hydrogen-bond acceptors (Lipinski definition) is 5. The zero-order valence-electron chi connectivity index (χ0n) is 13.1. The van der Waals surface area contributed by atoms with E-state index >= 15 is 0 Å². The molecular formula is C18H14N2O5. The Bertz CT molecular complexity index is 995. The third-order valence-corrected chi connectivity index (χ3v) is 3.72. The summed E-state index contributed by atoms with van der Waals surface area (Å²) in [5.74, 6) is -0.632. The summed E-state index contributed by atoms with van der Waals surface area (Å²) in [5.41, 5.74) is 0.0874. The zero-order chi connectivity index (χ0) is 17.8. The van der Waals surface area contributed by atoms with Gasteiger partial charge >= 0.3 is 5.63 Å². The maximum absolute atomic E-state index is 12.2. The number of carbonyl (C=O) groups is 1. The molecule has 0 radical (unpaired) electrons. The summed E-state index contributed by atoms with van der Waals surface area (Å²) in [6.45, 7) is 0.394. The monoisotopic (exact) mass is 338 g/mol. The Morgan fingerprint density at radius 2 is 1.88 bits per heavy atom. The van der Waals surface area contributed by atoms with Gasteiger partial charge in [0.2, 0.25) is 0 Å². The van der Waals surface area contributed by atoms with E-state index in [1.54, 1.807) is 0 Å². The number of rotatable bonds is 5. The summed E-state index contributed by atoms with van der Waals surface area (Å²) in [5, 5.41) is 13.9. The van der Waals surface area contributed by atoms with Crippen LogP contribution >= 0.6 is 0 Å². The number of carbonyl (C=O) groups excluding carboxylic acids is 1. The molecule has 0 fully saturated rings. The van der Waals surface area contributed by atoms with Gasteiger partial charge in [-0.25, -0.2) is 4.79 Å². The Balaban J connectivity index is 1.76. The first-order chi connectivity index (χ1) is 12.0. The first-order valence-electron chi connectivity index (χ1n) is 7.59. The lowest BCUT2D eigenvalue weighted by Crippen LogP contribution is -2.26. The van der Waals surface area contributed by atoms with Gasteiger partial charge < -0.3 is 9.73 Å². The predicted molar refractivity (Wildman–Crippen MR) is 91.6 cm³/mol. The molecule has 0 aliphatic carbocycles. The lowest BCUT2D eigenvalue weighted by Gasteiger charge is -2.05. The maximum atomic E-state index is 12.2. The molecule has 0 aliphatic rings. The number of fused-ring (bicyclic) bond motifs is 1. The summed E-state index contributed by atoms with van der Waals surface area (Å²) in [6, 6.07) is 14.9. The summed E-state index contributed by atoms with van der Waals surface area (Å²) in [6.07, 6.45) is 0.649. The molecule has 25 heavy (non-hydrogen) atoms. The van der Waals surface area contributed by atoms with Crippen molar-refractivity contribution in [2.24, 2.45) is 0 Å². The van der Waals surface area contributed by atoms with E-state index in [9.17, 15) is 19.7 Å². The minimum atomic E-state index is -0.783. The van der Waals surface area contributed by atoms with Crippen molar-refractivity contribution in [3.8, 4) is 0 Å². The third-order valence-electron chi connectivity index (χ3n) is 3.72. The van der Waals surface area contributed by atoms with Crippen molar-refractivity contribution in [2.45, 2.75) is 6.42 Å². The molecule has 3 rings (SSSR count). The van der Waals surface area contributed by atoms with Gasteiger partial charge in [-0.3, -0.25) is 14.9 Å². The van der Waals surface area contributed by atoms with Crippen molar-refractivity contribution >= 4 is 22.4 Å². The fraction of sp³-hybridized carbons (Fsp3) is 0.111. The van der Waals surface area contributed by atoms with Crippen LogP contribution in [0.5, 0.6) is 0 Å². The second-order valence-electron chi connectivity index (χ2n) is 5.42. The largest absolute Gasteiger partial charge is 0.417 e. The maximum Gasteiger partial charge on any atom is 0.344 e. The lowest BCUT2D eigenvalue weighted by atomic mass is 10.1. The van der Waals surface area contributed by atoms with Crippen molar-refractivity contribution in [3.63, 3.8) is 0 Å². The van der Waals surface area contributed by atoms with E-state index in [1.165, 1.54) is 18.2 Å². The van der Waals surface area contributed by atoms with Gasteiger partial charge in [0.25, 0.3) is 11.6 Å². The molecule has 1 aromatic heterocycles. The Labute approximate surface area is 142 Å². The Morgan fingerprint density at radius 1 is 1.12 bits per heavy atom. The molecule has 7 nitrogen and oxygen atoms in total. The van der Waals surface area contributed by atoms with E-state index in [1.807, 2.05) is 30.3 Å². The molecule has 7 heteroatoms. The van der Waals surface area contributed by atoms with E-state index in [0.717, 1.165) is 11.6 Å². The van der Waals surface area contributed by atoms with E-state index in [2.05, 4.69) is 5.32 Å². The third kappa shape index (κ3) is 3.72. The van der Waals surface area contributed by atoms with Crippen molar-refractivity contribution in [3.05, 3.63) is 86.5 Å². The zero-order valence-corrected chi connectivity index (χ0v) is 13.1. The van der Waals surface area contributed by atoms with Gasteiger partial charge in [0.05, 0.1) is 10.3 Å². The molecule has 0 spiro atoms. The standard InChI is InChI=1S/C18H14N2O5/c21-17(19-9-8-12-4-2-1-3-5-12)16-10-13-6-7-14(20(23)24)11-15(13)18(22)25-16/h1-7,10-11H,8-9H2,(H,19,21). The lowest BCUT2D eigenvalue weighted by molar-refractivity contribution is -0.384. The minimum absolute atomic E-state index is 0.0648. The topological polar surface area (TPSA) is 102 Å². The van der Waals surface area contributed by atoms with Crippen molar-refractivity contribution in [1.29, 1.82) is 0 Å². The van der Waals surface area contributed by atoms with Crippen molar-refractivity contribution in [2.75, 3.05) is 6.54 Å². The smallest absolute Gasteiger partial charge is 0.344 e. The molecule has 0 saturated carbocycles. The molecule has 0 unspecified atom stereocenters. The van der Waals surface area contributed by atoms with E-state index in [-0.39, 0.29) is 16.8 Å². The molecule has 3 aromatic rings. The van der Waals surface area contributed by atoms with Crippen LogP contribution in [0.4, 0.5) is 5.69 Å². The molecule has 1 N–H and O–H groups in total. The molecule has 0 bridgehead atoms. The predicted octanol–water partition coefficient (Wildman–Crippen LogP) is 2.67. The number of nitrogens with zero attached hydrogens (tertiary/aromatic N) is 1. The normalized spacial score (nSPS) is 10.6. The molecule has 1 heterocycles. The van der Waals surface area contributed by atoms with Crippen molar-refractivity contribution < 1.29 is 14.1 Å². The fourth-order valence-corrected chi connectivity index (χ4v) is 2.45. The van der Waals surface area contributed by atoms with Crippen LogP contribution in [0.3, 0.4) is 0 Å². The van der Waals surface area contributed by atoms with Crippen LogP contribution in [0.1, 0.15) is 16.1 Å². The Morgan fingerprint density at radius 3 is 2.60 bits per heavy atom. The summed E-state index contributed by atoms with van der Waals surface area (Å²) in [7, 11) is 0. The summed E-state index contributed by atoms with van der Waals surface area (Å²) in [4.78, 5) is 34.3. The fourth-order valence-electron chi connectivity index (χ4n) is 2.45. The Kier molecular flexibility index (Phi) is 4.56. The van der Waals surface area contributed by atoms with Gasteiger partial charge in [0, 0.05) is 18.7 Å². The second-order valence-corrected chi connectivity index (χ2v) is 5.42. The van der Waals surface area contributed by atoms with Gasteiger partial charge in [0.1, 0.15) is 0 Å². The van der Waals surface area contributed by atoms with E-state index in [4.69, 9.17) is 4.42 Å². The van der Waals surface area contributed by atoms with Gasteiger partial charge in [-0.2, -0.15) is 0 Å². The summed E-state index contributed by atoms with van der Waals surface area (Å²) < 4.78 is 5.00. The number of amides is 1. The van der Waals surface area contributed by atoms with Crippen LogP contribution in [-0.4, -0.2) is 17.4 Å². The van der Waals surface area contributed by atoms with E-state index < -0.39 is 16.5 Å². The van der Waals surface area contributed by atoms with Gasteiger partial charge in [-0.15, -0.1) is 0 Å². The summed E-state index contributed by atoms with van der Waals surface area (Å²) >= 11 is 0. The first kappa shape index (κ1) is 16.4. The quantitative estimate of drug-likeness (QED) is 0.569. The highest BCUT2D eigenvalue weighted by atomic mass is 16.6. The number of nitrogens with one attached hydrogen (secondary N) is 1. The second kappa shape index (κ2) is 6.96. The van der Waals surface area contributed by atoms with Crippen LogP contribution in [0.2, 0.25) is 0 Å². The molecule has 126 valence electrons. The average molecular weight is 338 g/mol. The highest BCUT2D eigenvalue weighted by Gasteiger charge is 2.14. The number of nitro groups is 1. The first-order valence-corrected chi connectivity index (χ1v) is 7.59. The Hall–Kier alpha value is -3.48. The molecule has 0 saturated heterocycles. The van der Waals surface area contributed by atoms with Crippen LogP contribution in [0.25, 0.3) is 10.8 Å². The number of benzene rings is 2. The SMILES string of the molecule is O=C(NCCc1ccccc1)c1cc2ccc([N+](=O)[O-])cc2c(=O)o1. The number of hydrogen-bond donors (Lipinski definition) is 1. The highest BCUT2D eigenvalue weighted by Crippen LogP contribution is 2.19. The van der Waals surface area contributed by atoms with Crippen molar-refractivity contribution in [1.82, 2.24) is 5.32 Å². The molecule has 2 aromatic carbocycles.